The van der Waals surface area contributed by atoms with Crippen molar-refractivity contribution in [3.05, 3.63) is 35.2 Å². The van der Waals surface area contributed by atoms with Crippen LogP contribution >= 0.6 is 11.3 Å². The molecule has 1 aromatic carbocycles. The van der Waals surface area contributed by atoms with Crippen LogP contribution in [0.3, 0.4) is 0 Å². The fourth-order valence-corrected chi connectivity index (χ4v) is 2.47. The molecule has 2 rings (SSSR count). The molecule has 1 atom stereocenters. The minimum Gasteiger partial charge on any atom is -0.479 e. The number of thiophene rings is 1. The van der Waals surface area contributed by atoms with Crippen LogP contribution in [0.5, 0.6) is 0 Å². The molecule has 3 N–H and O–H groups in total. The molecule has 0 aliphatic carbocycles. The molecule has 1 heterocycles. The van der Waals surface area contributed by atoms with Crippen molar-refractivity contribution in [2.45, 2.75) is 6.10 Å². The minimum atomic E-state index is -1.58. The van der Waals surface area contributed by atoms with Crippen molar-refractivity contribution in [1.29, 1.82) is 0 Å². The summed E-state index contributed by atoms with van der Waals surface area (Å²) in [5, 5.41) is 22.5. The lowest BCUT2D eigenvalue weighted by atomic mass is 10.1. The number of benzene rings is 1. The second-order valence-electron chi connectivity index (χ2n) is 3.71. The molecule has 0 radical (unpaired) electrons. The van der Waals surface area contributed by atoms with E-state index >= 15 is 0 Å². The summed E-state index contributed by atoms with van der Waals surface area (Å²) in [7, 11) is 0. The highest BCUT2D eigenvalue weighted by Crippen LogP contribution is 2.25. The molecule has 0 bridgehead atoms. The molecule has 1 amide bonds. The number of carboxylic acid groups (broad SMARTS) is 1. The maximum atomic E-state index is 11.8. The molecule has 0 aliphatic rings. The predicted molar refractivity (Wildman–Crippen MR) is 67.8 cm³/mol. The quantitative estimate of drug-likeness (QED) is 0.772. The van der Waals surface area contributed by atoms with Crippen LogP contribution in [0, 0.1) is 0 Å². The van der Waals surface area contributed by atoms with Crippen molar-refractivity contribution in [1.82, 2.24) is 5.32 Å². The Hall–Kier alpha value is -1.92. The van der Waals surface area contributed by atoms with Crippen LogP contribution in [0.2, 0.25) is 0 Å². The second kappa shape index (κ2) is 5.16. The van der Waals surface area contributed by atoms with Crippen molar-refractivity contribution in [2.75, 3.05) is 6.54 Å². The smallest absolute Gasteiger partial charge is 0.334 e. The number of fused-ring (bicyclic) bond motifs is 1. The highest BCUT2D eigenvalue weighted by molar-refractivity contribution is 7.17. The van der Waals surface area contributed by atoms with Crippen molar-refractivity contribution >= 4 is 33.3 Å². The summed E-state index contributed by atoms with van der Waals surface area (Å²) < 4.78 is 0.987. The molecule has 2 aromatic rings. The van der Waals surface area contributed by atoms with Crippen LogP contribution in [0.4, 0.5) is 0 Å². The summed E-state index contributed by atoms with van der Waals surface area (Å²) in [4.78, 5) is 22.2. The summed E-state index contributed by atoms with van der Waals surface area (Å²) >= 11 is 1.44. The second-order valence-corrected chi connectivity index (χ2v) is 4.62. The van der Waals surface area contributed by atoms with Crippen LogP contribution < -0.4 is 5.32 Å². The number of aliphatic hydroxyl groups excluding tert-OH is 1. The minimum absolute atomic E-state index is 0.307. The first-order valence-electron chi connectivity index (χ1n) is 5.25. The fourth-order valence-electron chi connectivity index (χ4n) is 1.53. The van der Waals surface area contributed by atoms with Gasteiger partial charge in [0.2, 0.25) is 0 Å². The fraction of sp³-hybridized carbons (Fsp3) is 0.167. The van der Waals surface area contributed by atoms with E-state index in [0.29, 0.717) is 5.56 Å². The summed E-state index contributed by atoms with van der Waals surface area (Å²) in [5.74, 6) is -1.74. The number of hydrogen-bond acceptors (Lipinski definition) is 4. The normalized spacial score (nSPS) is 12.3. The first kappa shape index (κ1) is 12.5. The SMILES string of the molecule is O=C(NC[C@H](O)C(=O)O)c1csc2ccccc12. The maximum absolute atomic E-state index is 11.8. The molecule has 18 heavy (non-hydrogen) atoms. The predicted octanol–water partition coefficient (Wildman–Crippen LogP) is 1.08. The van der Waals surface area contributed by atoms with Crippen LogP contribution in [0.15, 0.2) is 29.6 Å². The van der Waals surface area contributed by atoms with E-state index < -0.39 is 12.1 Å². The van der Waals surface area contributed by atoms with Crippen molar-refractivity contribution in [3.8, 4) is 0 Å². The standard InChI is InChI=1S/C12H11NO4S/c14-9(12(16)17)5-13-11(15)8-6-18-10-4-2-1-3-7(8)10/h1-4,6,9,14H,5H2,(H,13,15)(H,16,17)/t9-/m0/s1. The summed E-state index contributed by atoms with van der Waals surface area (Å²) in [6.45, 7) is -0.307. The third-order valence-corrected chi connectivity index (χ3v) is 3.43. The van der Waals surface area contributed by atoms with Gasteiger partial charge in [-0.3, -0.25) is 4.79 Å². The van der Waals surface area contributed by atoms with Gasteiger partial charge in [0, 0.05) is 15.5 Å². The number of rotatable bonds is 4. The van der Waals surface area contributed by atoms with Gasteiger partial charge in [-0.25, -0.2) is 4.79 Å². The molecule has 0 saturated carbocycles. The van der Waals surface area contributed by atoms with E-state index in [1.807, 2.05) is 24.3 Å². The number of carbonyl (C=O) groups excluding carboxylic acids is 1. The van der Waals surface area contributed by atoms with Gasteiger partial charge in [0.05, 0.1) is 12.1 Å². The lowest BCUT2D eigenvalue weighted by Gasteiger charge is -2.07. The molecular weight excluding hydrogens is 254 g/mol. The summed E-state index contributed by atoms with van der Waals surface area (Å²) in [6, 6.07) is 7.45. The average Bonchev–Trinajstić information content (AvgIpc) is 2.79. The zero-order valence-corrected chi connectivity index (χ0v) is 10.1. The third kappa shape index (κ3) is 2.49. The maximum Gasteiger partial charge on any atom is 0.334 e. The van der Waals surface area contributed by atoms with Gasteiger partial charge in [0.25, 0.3) is 5.91 Å². The molecule has 5 nitrogen and oxygen atoms in total. The van der Waals surface area contributed by atoms with Gasteiger partial charge in [0.15, 0.2) is 6.10 Å². The topological polar surface area (TPSA) is 86.6 Å². The summed E-state index contributed by atoms with van der Waals surface area (Å²) in [5.41, 5.74) is 0.494. The van der Waals surface area contributed by atoms with E-state index in [2.05, 4.69) is 5.32 Å². The van der Waals surface area contributed by atoms with Crippen LogP contribution in [0.25, 0.3) is 10.1 Å². The third-order valence-electron chi connectivity index (χ3n) is 2.47. The van der Waals surface area contributed by atoms with Gasteiger partial charge in [0.1, 0.15) is 0 Å². The molecule has 94 valence electrons. The van der Waals surface area contributed by atoms with Crippen molar-refractivity contribution < 1.29 is 19.8 Å². The monoisotopic (exact) mass is 265 g/mol. The van der Waals surface area contributed by atoms with Crippen LogP contribution in [-0.4, -0.2) is 34.7 Å². The Morgan fingerprint density at radius 3 is 2.78 bits per heavy atom. The Balaban J connectivity index is 2.12. The Morgan fingerprint density at radius 2 is 2.06 bits per heavy atom. The lowest BCUT2D eigenvalue weighted by molar-refractivity contribution is -0.146. The molecule has 0 saturated heterocycles. The molecule has 0 unspecified atom stereocenters. The van der Waals surface area contributed by atoms with E-state index in [0.717, 1.165) is 10.1 Å². The molecule has 1 aromatic heterocycles. The van der Waals surface area contributed by atoms with Gasteiger partial charge in [-0.1, -0.05) is 18.2 Å². The number of carbonyl (C=O) groups is 2. The highest BCUT2D eigenvalue weighted by Gasteiger charge is 2.16. The van der Waals surface area contributed by atoms with Gasteiger partial charge in [-0.15, -0.1) is 11.3 Å². The molecule has 6 heteroatoms. The average molecular weight is 265 g/mol. The molecule has 0 spiro atoms. The van der Waals surface area contributed by atoms with Gasteiger partial charge in [-0.2, -0.15) is 0 Å². The van der Waals surface area contributed by atoms with E-state index in [9.17, 15) is 9.59 Å². The number of amides is 1. The Bertz CT molecular complexity index is 593. The van der Waals surface area contributed by atoms with Gasteiger partial charge in [-0.05, 0) is 6.07 Å². The van der Waals surface area contributed by atoms with E-state index in [1.54, 1.807) is 5.38 Å². The van der Waals surface area contributed by atoms with Gasteiger partial charge >= 0.3 is 5.97 Å². The Kier molecular flexibility index (Phi) is 3.59. The number of hydrogen-bond donors (Lipinski definition) is 3. The Labute approximate surface area is 107 Å². The van der Waals surface area contributed by atoms with E-state index in [-0.39, 0.29) is 12.5 Å². The van der Waals surface area contributed by atoms with E-state index in [1.165, 1.54) is 11.3 Å². The van der Waals surface area contributed by atoms with Crippen LogP contribution in [0.1, 0.15) is 10.4 Å². The molecule has 0 fully saturated rings. The van der Waals surface area contributed by atoms with Gasteiger partial charge < -0.3 is 15.5 Å². The van der Waals surface area contributed by atoms with Crippen molar-refractivity contribution in [3.63, 3.8) is 0 Å². The number of aliphatic hydroxyl groups is 1. The molecule has 0 aliphatic heterocycles. The Morgan fingerprint density at radius 1 is 1.33 bits per heavy atom. The zero-order chi connectivity index (χ0) is 13.1. The van der Waals surface area contributed by atoms with E-state index in [4.69, 9.17) is 10.2 Å². The number of nitrogens with one attached hydrogen (secondary N) is 1. The first-order valence-corrected chi connectivity index (χ1v) is 6.13. The zero-order valence-electron chi connectivity index (χ0n) is 9.29. The number of aliphatic carboxylic acids is 1. The first-order chi connectivity index (χ1) is 8.59. The molecular formula is C12H11NO4S. The highest BCUT2D eigenvalue weighted by atomic mass is 32.1. The number of carboxylic acids is 1. The van der Waals surface area contributed by atoms with Crippen molar-refractivity contribution in [2.24, 2.45) is 0 Å². The summed E-state index contributed by atoms with van der Waals surface area (Å²) in [6.07, 6.45) is -1.58. The van der Waals surface area contributed by atoms with Crippen LogP contribution in [-0.2, 0) is 4.79 Å². The lowest BCUT2D eigenvalue weighted by Crippen LogP contribution is -2.36. The largest absolute Gasteiger partial charge is 0.479 e.